The van der Waals surface area contributed by atoms with Crippen molar-refractivity contribution in [2.45, 2.75) is 44.3 Å². The monoisotopic (exact) mass is 475 g/mol. The molecule has 1 saturated heterocycles. The average Bonchev–Trinajstić information content (AvgIpc) is 3.49. The highest BCUT2D eigenvalue weighted by atomic mass is 32.2. The van der Waals surface area contributed by atoms with Crippen LogP contribution in [0.15, 0.2) is 53.8 Å². The normalized spacial score (nSPS) is 21.6. The Morgan fingerprint density at radius 1 is 1.03 bits per heavy atom. The maximum atomic E-state index is 11.8. The molecular formula is C24H25N7O2S. The summed E-state index contributed by atoms with van der Waals surface area (Å²) in [5.74, 6) is 0.145. The third kappa shape index (κ3) is 5.35. The van der Waals surface area contributed by atoms with Crippen LogP contribution >= 0.6 is 11.8 Å². The highest BCUT2D eigenvalue weighted by Gasteiger charge is 2.25. The number of thioether (sulfide) groups is 1. The lowest BCUT2D eigenvalue weighted by Gasteiger charge is -2.30. The van der Waals surface area contributed by atoms with E-state index in [4.69, 9.17) is 0 Å². The number of anilines is 1. The molecule has 0 radical (unpaired) electrons. The number of hydrogen-bond donors (Lipinski definition) is 4. The van der Waals surface area contributed by atoms with Crippen LogP contribution in [0.4, 0.5) is 10.7 Å². The predicted molar refractivity (Wildman–Crippen MR) is 132 cm³/mol. The lowest BCUT2D eigenvalue weighted by atomic mass is 9.91. The van der Waals surface area contributed by atoms with E-state index >= 15 is 0 Å². The summed E-state index contributed by atoms with van der Waals surface area (Å²) in [7, 11) is 0. The first-order chi connectivity index (χ1) is 16.6. The summed E-state index contributed by atoms with van der Waals surface area (Å²) in [5, 5.41) is 9.00. The second-order valence-electron chi connectivity index (χ2n) is 8.33. The summed E-state index contributed by atoms with van der Waals surface area (Å²) in [6, 6.07) is 10.6. The lowest BCUT2D eigenvalue weighted by molar-refractivity contribution is -0.115. The molecule has 0 bridgehead atoms. The van der Waals surface area contributed by atoms with Gasteiger partial charge in [-0.1, -0.05) is 6.07 Å². The molecule has 9 nitrogen and oxygen atoms in total. The van der Waals surface area contributed by atoms with E-state index in [0.29, 0.717) is 28.6 Å². The van der Waals surface area contributed by atoms with Gasteiger partial charge in [-0.25, -0.2) is 9.97 Å². The first-order valence-electron chi connectivity index (χ1n) is 11.3. The minimum absolute atomic E-state index is 0.291. The molecule has 3 aromatic heterocycles. The number of carbonyl (C=O) groups excluding carboxylic acids is 2. The maximum Gasteiger partial charge on any atom is 0.290 e. The number of nitrogens with zero attached hydrogens (tertiary/aromatic N) is 3. The topological polar surface area (TPSA) is 125 Å². The van der Waals surface area contributed by atoms with Crippen molar-refractivity contribution in [1.82, 2.24) is 30.6 Å². The molecule has 34 heavy (non-hydrogen) atoms. The van der Waals surface area contributed by atoms with Gasteiger partial charge in [0.25, 0.3) is 11.1 Å². The molecule has 2 amide bonds. The summed E-state index contributed by atoms with van der Waals surface area (Å²) in [5.41, 5.74) is 3.79. The summed E-state index contributed by atoms with van der Waals surface area (Å²) >= 11 is 0.881. The van der Waals surface area contributed by atoms with Gasteiger partial charge in [-0.2, -0.15) is 0 Å². The summed E-state index contributed by atoms with van der Waals surface area (Å²) in [6.07, 6.45) is 11.1. The van der Waals surface area contributed by atoms with Crippen LogP contribution in [-0.4, -0.2) is 43.2 Å². The SMILES string of the molecule is O=C1NC(=O)/C(=C/c2ccnc(N[C@H]3CC[C@H](NCc4cccnc4-c4ccc[nH]4)CC3)n2)S1. The third-order valence-electron chi connectivity index (χ3n) is 5.98. The van der Waals surface area contributed by atoms with Gasteiger partial charge < -0.3 is 15.6 Å². The zero-order chi connectivity index (χ0) is 23.3. The fourth-order valence-electron chi connectivity index (χ4n) is 4.26. The minimum atomic E-state index is -0.389. The van der Waals surface area contributed by atoms with Gasteiger partial charge in [-0.05, 0) is 73.4 Å². The van der Waals surface area contributed by atoms with Crippen LogP contribution in [0.2, 0.25) is 0 Å². The Bertz CT molecular complexity index is 1200. The zero-order valence-corrected chi connectivity index (χ0v) is 19.3. The molecule has 1 aliphatic heterocycles. The van der Waals surface area contributed by atoms with Gasteiger partial charge in [0, 0.05) is 37.2 Å². The Morgan fingerprint density at radius 3 is 2.65 bits per heavy atom. The van der Waals surface area contributed by atoms with E-state index in [0.717, 1.165) is 55.4 Å². The maximum absolute atomic E-state index is 11.8. The quantitative estimate of drug-likeness (QED) is 0.381. The standard InChI is InChI=1S/C24H25N7O2S/c32-22-20(34-24(33)31-22)13-18-9-12-27-23(30-18)29-17-7-5-16(6-8-17)28-14-15-3-1-11-26-21(15)19-4-2-10-25-19/h1-4,9-13,16-17,25,28H,5-8,14H2,(H,27,29,30)(H,31,32,33)/b20-13-/t16-,17-. The van der Waals surface area contributed by atoms with Gasteiger partial charge in [0.2, 0.25) is 5.95 Å². The Labute approximate surface area is 201 Å². The molecule has 0 unspecified atom stereocenters. The van der Waals surface area contributed by atoms with Gasteiger partial charge >= 0.3 is 0 Å². The van der Waals surface area contributed by atoms with E-state index in [9.17, 15) is 9.59 Å². The van der Waals surface area contributed by atoms with Gasteiger partial charge in [0.05, 0.1) is 22.0 Å². The van der Waals surface area contributed by atoms with E-state index in [1.165, 1.54) is 5.56 Å². The number of hydrogen-bond acceptors (Lipinski definition) is 8. The van der Waals surface area contributed by atoms with Crippen molar-refractivity contribution < 1.29 is 9.59 Å². The molecular weight excluding hydrogens is 450 g/mol. The molecule has 2 fully saturated rings. The average molecular weight is 476 g/mol. The van der Waals surface area contributed by atoms with Gasteiger partial charge in [0.15, 0.2) is 0 Å². The van der Waals surface area contributed by atoms with Crippen molar-refractivity contribution >= 4 is 34.9 Å². The van der Waals surface area contributed by atoms with Gasteiger partial charge in [-0.3, -0.25) is 19.9 Å². The fourth-order valence-corrected chi connectivity index (χ4v) is 4.92. The smallest absolute Gasteiger partial charge is 0.290 e. The number of H-pyrrole nitrogens is 1. The van der Waals surface area contributed by atoms with E-state index in [1.807, 2.05) is 30.6 Å². The molecule has 3 aromatic rings. The third-order valence-corrected chi connectivity index (χ3v) is 6.79. The zero-order valence-electron chi connectivity index (χ0n) is 18.5. The Hall–Kier alpha value is -3.50. The lowest BCUT2D eigenvalue weighted by Crippen LogP contribution is -2.37. The van der Waals surface area contributed by atoms with Crippen LogP contribution in [0.3, 0.4) is 0 Å². The summed E-state index contributed by atoms with van der Waals surface area (Å²) < 4.78 is 0. The summed E-state index contributed by atoms with van der Waals surface area (Å²) in [6.45, 7) is 0.777. The number of amides is 2. The molecule has 0 spiro atoms. The highest BCUT2D eigenvalue weighted by molar-refractivity contribution is 8.18. The van der Waals surface area contributed by atoms with Crippen molar-refractivity contribution in [3.05, 3.63) is 65.1 Å². The van der Waals surface area contributed by atoms with E-state index in [1.54, 1.807) is 18.3 Å². The first-order valence-corrected chi connectivity index (χ1v) is 12.1. The van der Waals surface area contributed by atoms with Crippen LogP contribution in [0.1, 0.15) is 36.9 Å². The molecule has 4 N–H and O–H groups in total. The number of pyridine rings is 1. The van der Waals surface area contributed by atoms with Crippen molar-refractivity contribution in [3.8, 4) is 11.4 Å². The van der Waals surface area contributed by atoms with Crippen LogP contribution in [0, 0.1) is 0 Å². The Kier molecular flexibility index (Phi) is 6.68. The number of nitrogens with one attached hydrogen (secondary N) is 4. The van der Waals surface area contributed by atoms with Crippen LogP contribution in [0.5, 0.6) is 0 Å². The predicted octanol–water partition coefficient (Wildman–Crippen LogP) is 3.70. The van der Waals surface area contributed by atoms with E-state index < -0.39 is 0 Å². The van der Waals surface area contributed by atoms with Crippen LogP contribution in [0.25, 0.3) is 17.5 Å². The second-order valence-corrected chi connectivity index (χ2v) is 9.34. The fraction of sp³-hybridized carbons (Fsp3) is 0.292. The highest BCUT2D eigenvalue weighted by Crippen LogP contribution is 2.26. The second kappa shape index (κ2) is 10.2. The molecule has 2 aliphatic rings. The van der Waals surface area contributed by atoms with Gasteiger partial charge in [0.1, 0.15) is 0 Å². The van der Waals surface area contributed by atoms with Crippen LogP contribution in [-0.2, 0) is 11.3 Å². The van der Waals surface area contributed by atoms with Crippen LogP contribution < -0.4 is 16.0 Å². The number of imide groups is 1. The van der Waals surface area contributed by atoms with Crippen molar-refractivity contribution in [3.63, 3.8) is 0 Å². The summed E-state index contributed by atoms with van der Waals surface area (Å²) in [4.78, 5) is 40.0. The van der Waals surface area contributed by atoms with E-state index in [-0.39, 0.29) is 11.1 Å². The minimum Gasteiger partial charge on any atom is -0.360 e. The molecule has 1 aliphatic carbocycles. The molecule has 10 heteroatoms. The molecule has 1 saturated carbocycles. The molecule has 0 atom stereocenters. The molecule has 0 aromatic carbocycles. The Balaban J connectivity index is 1.13. The first kappa shape index (κ1) is 22.3. The van der Waals surface area contributed by atoms with E-state index in [2.05, 4.69) is 42.0 Å². The molecule has 5 rings (SSSR count). The molecule has 4 heterocycles. The number of aromatic amines is 1. The number of carbonyl (C=O) groups is 2. The number of aromatic nitrogens is 4. The molecule has 174 valence electrons. The van der Waals surface area contributed by atoms with Crippen molar-refractivity contribution in [2.75, 3.05) is 5.32 Å². The largest absolute Gasteiger partial charge is 0.360 e. The Morgan fingerprint density at radius 2 is 1.88 bits per heavy atom. The van der Waals surface area contributed by atoms with Crippen molar-refractivity contribution in [1.29, 1.82) is 0 Å². The number of rotatable bonds is 7. The van der Waals surface area contributed by atoms with Gasteiger partial charge in [-0.15, -0.1) is 0 Å². The van der Waals surface area contributed by atoms with Crippen molar-refractivity contribution in [2.24, 2.45) is 0 Å².